The van der Waals surface area contributed by atoms with Crippen LogP contribution in [0.25, 0.3) is 11.4 Å². The number of halogens is 2. The zero-order valence-corrected chi connectivity index (χ0v) is 17.4. The molecule has 32 heavy (non-hydrogen) atoms. The summed E-state index contributed by atoms with van der Waals surface area (Å²) >= 11 is 0. The summed E-state index contributed by atoms with van der Waals surface area (Å²) in [4.78, 5) is 29.0. The predicted octanol–water partition coefficient (Wildman–Crippen LogP) is 1.66. The Bertz CT molecular complexity index is 1060. The van der Waals surface area contributed by atoms with Crippen molar-refractivity contribution in [1.82, 2.24) is 9.55 Å². The van der Waals surface area contributed by atoms with Gasteiger partial charge in [-0.3, -0.25) is 9.69 Å². The fourth-order valence-electron chi connectivity index (χ4n) is 3.54. The SMILES string of the molecule is C[C@H](Nc1ccc2c(c1)OCCn1cc(N(CC(F)F)C(=O)C3COC3)nc1-2)C(N)=C=O. The number of alkyl halides is 2. The number of aromatic nitrogens is 2. The van der Waals surface area contributed by atoms with Crippen LogP contribution >= 0.6 is 0 Å². The molecule has 3 heterocycles. The molecule has 3 N–H and O–H groups in total. The van der Waals surface area contributed by atoms with E-state index in [4.69, 9.17) is 15.2 Å². The highest BCUT2D eigenvalue weighted by atomic mass is 19.3. The van der Waals surface area contributed by atoms with E-state index < -0.39 is 30.8 Å². The van der Waals surface area contributed by atoms with E-state index in [-0.39, 0.29) is 24.7 Å². The lowest BCUT2D eigenvalue weighted by Crippen LogP contribution is -2.46. The number of nitrogens with two attached hydrogens (primary N) is 1. The second kappa shape index (κ2) is 8.97. The summed E-state index contributed by atoms with van der Waals surface area (Å²) in [7, 11) is 0. The predicted molar refractivity (Wildman–Crippen MR) is 112 cm³/mol. The smallest absolute Gasteiger partial charge is 0.256 e. The lowest BCUT2D eigenvalue weighted by molar-refractivity contribution is -0.136. The summed E-state index contributed by atoms with van der Waals surface area (Å²) in [5.74, 6) is 2.02. The molecule has 170 valence electrons. The van der Waals surface area contributed by atoms with Crippen LogP contribution < -0.4 is 20.7 Å². The van der Waals surface area contributed by atoms with Crippen LogP contribution in [-0.2, 0) is 20.9 Å². The highest BCUT2D eigenvalue weighted by Crippen LogP contribution is 2.36. The average Bonchev–Trinajstić information content (AvgIpc) is 3.06. The van der Waals surface area contributed by atoms with Crippen molar-refractivity contribution in [3.8, 4) is 17.1 Å². The Morgan fingerprint density at radius 1 is 1.44 bits per heavy atom. The van der Waals surface area contributed by atoms with E-state index >= 15 is 0 Å². The largest absolute Gasteiger partial charge is 0.491 e. The topological polar surface area (TPSA) is 112 Å². The molecule has 0 aliphatic carbocycles. The second-order valence-electron chi connectivity index (χ2n) is 7.67. The summed E-state index contributed by atoms with van der Waals surface area (Å²) in [5, 5.41) is 3.09. The van der Waals surface area contributed by atoms with Gasteiger partial charge in [0.25, 0.3) is 6.43 Å². The molecular formula is C21H23F2N5O4. The van der Waals surface area contributed by atoms with Crippen LogP contribution in [0.15, 0.2) is 30.1 Å². The van der Waals surface area contributed by atoms with E-state index in [1.807, 2.05) is 0 Å². The van der Waals surface area contributed by atoms with Gasteiger partial charge in [0, 0.05) is 18.0 Å². The van der Waals surface area contributed by atoms with Gasteiger partial charge in [-0.1, -0.05) is 0 Å². The van der Waals surface area contributed by atoms with Gasteiger partial charge in [-0.15, -0.1) is 0 Å². The number of amides is 1. The standard InChI is InChI=1S/C21H23F2N5O4/c1-12(16(24)9-29)25-14-2-3-15-17(6-14)32-5-4-27-8-19(26-20(15)27)28(7-18(22)23)21(30)13-10-31-11-13/h2-3,6,8,12-13,18,25H,4-5,7,10-11,24H2,1H3/t12-/m0/s1. The van der Waals surface area contributed by atoms with Gasteiger partial charge < -0.3 is 25.1 Å². The number of nitrogens with zero attached hydrogens (tertiary/aromatic N) is 3. The van der Waals surface area contributed by atoms with E-state index in [1.165, 1.54) is 0 Å². The Morgan fingerprint density at radius 2 is 2.22 bits per heavy atom. The van der Waals surface area contributed by atoms with Gasteiger partial charge in [-0.2, -0.15) is 0 Å². The first-order chi connectivity index (χ1) is 15.4. The number of carbonyl (C=O) groups excluding carboxylic acids is 2. The van der Waals surface area contributed by atoms with E-state index in [9.17, 15) is 18.4 Å². The molecule has 4 rings (SSSR count). The van der Waals surface area contributed by atoms with Crippen molar-refractivity contribution in [3.63, 3.8) is 0 Å². The summed E-state index contributed by atoms with van der Waals surface area (Å²) in [6.07, 6.45) is -1.10. The maximum Gasteiger partial charge on any atom is 0.256 e. The zero-order valence-electron chi connectivity index (χ0n) is 17.4. The second-order valence-corrected chi connectivity index (χ2v) is 7.67. The quantitative estimate of drug-likeness (QED) is 0.621. The van der Waals surface area contributed by atoms with Gasteiger partial charge in [0.2, 0.25) is 5.91 Å². The number of anilines is 2. The molecule has 0 unspecified atom stereocenters. The lowest BCUT2D eigenvalue weighted by Gasteiger charge is -2.30. The van der Waals surface area contributed by atoms with Gasteiger partial charge in [-0.25, -0.2) is 18.6 Å². The summed E-state index contributed by atoms with van der Waals surface area (Å²) in [6.45, 7) is 2.20. The Labute approximate surface area is 182 Å². The zero-order chi connectivity index (χ0) is 22.8. The average molecular weight is 447 g/mol. The van der Waals surface area contributed by atoms with Crippen LogP contribution in [0.4, 0.5) is 20.3 Å². The van der Waals surface area contributed by atoms with Crippen molar-refractivity contribution in [3.05, 3.63) is 30.1 Å². The molecule has 0 saturated carbocycles. The number of hydrogen-bond donors (Lipinski definition) is 2. The molecule has 0 bridgehead atoms. The molecule has 1 amide bonds. The van der Waals surface area contributed by atoms with Crippen molar-refractivity contribution in [2.75, 3.05) is 36.6 Å². The number of ether oxygens (including phenoxy) is 2. The minimum atomic E-state index is -2.69. The molecule has 1 atom stereocenters. The molecule has 0 radical (unpaired) electrons. The van der Waals surface area contributed by atoms with Crippen molar-refractivity contribution in [2.24, 2.45) is 11.7 Å². The first-order valence-electron chi connectivity index (χ1n) is 10.2. The lowest BCUT2D eigenvalue weighted by atomic mass is 10.1. The summed E-state index contributed by atoms with van der Waals surface area (Å²) in [6, 6.07) is 4.88. The molecule has 0 spiro atoms. The van der Waals surface area contributed by atoms with Crippen LogP contribution in [0.1, 0.15) is 6.92 Å². The highest BCUT2D eigenvalue weighted by molar-refractivity contribution is 5.95. The molecule has 1 aromatic carbocycles. The minimum Gasteiger partial charge on any atom is -0.491 e. The Kier molecular flexibility index (Phi) is 6.11. The Balaban J connectivity index is 1.65. The molecular weight excluding hydrogens is 424 g/mol. The number of nitrogens with one attached hydrogen (secondary N) is 1. The van der Waals surface area contributed by atoms with Crippen LogP contribution in [0.2, 0.25) is 0 Å². The number of carbonyl (C=O) groups is 1. The molecule has 11 heteroatoms. The minimum absolute atomic E-state index is 0.0432. The Morgan fingerprint density at radius 3 is 2.88 bits per heavy atom. The molecule has 1 saturated heterocycles. The van der Waals surface area contributed by atoms with Gasteiger partial charge in [0.15, 0.2) is 5.82 Å². The highest BCUT2D eigenvalue weighted by Gasteiger charge is 2.34. The molecule has 9 nitrogen and oxygen atoms in total. The fraction of sp³-hybridized carbons (Fsp3) is 0.429. The monoisotopic (exact) mass is 447 g/mol. The third-order valence-electron chi connectivity index (χ3n) is 5.39. The molecule has 2 aromatic rings. The van der Waals surface area contributed by atoms with E-state index in [0.29, 0.717) is 36.0 Å². The van der Waals surface area contributed by atoms with E-state index in [1.54, 1.807) is 41.8 Å². The van der Waals surface area contributed by atoms with Gasteiger partial charge in [0.1, 0.15) is 29.8 Å². The number of hydrogen-bond acceptors (Lipinski definition) is 7. The van der Waals surface area contributed by atoms with E-state index in [2.05, 4.69) is 10.3 Å². The molecule has 2 aliphatic heterocycles. The normalized spacial score (nSPS) is 16.0. The van der Waals surface area contributed by atoms with Crippen molar-refractivity contribution in [2.45, 2.75) is 25.9 Å². The van der Waals surface area contributed by atoms with Crippen molar-refractivity contribution < 1.29 is 27.8 Å². The summed E-state index contributed by atoms with van der Waals surface area (Å²) in [5.41, 5.74) is 6.98. The van der Waals surface area contributed by atoms with Crippen LogP contribution in [0.5, 0.6) is 5.75 Å². The number of rotatable bonds is 7. The van der Waals surface area contributed by atoms with Crippen molar-refractivity contribution >= 4 is 23.4 Å². The van der Waals surface area contributed by atoms with E-state index in [0.717, 1.165) is 4.90 Å². The molecule has 1 aromatic heterocycles. The van der Waals surface area contributed by atoms with Crippen LogP contribution in [0.3, 0.4) is 0 Å². The third-order valence-corrected chi connectivity index (χ3v) is 5.39. The molecule has 2 aliphatic rings. The van der Waals surface area contributed by atoms with Crippen LogP contribution in [0, 0.1) is 5.92 Å². The third kappa shape index (κ3) is 4.30. The Hall–Kier alpha value is -3.43. The summed E-state index contributed by atoms with van der Waals surface area (Å²) < 4.78 is 39.1. The fourth-order valence-corrected chi connectivity index (χ4v) is 3.54. The van der Waals surface area contributed by atoms with Gasteiger partial charge >= 0.3 is 0 Å². The first kappa shape index (κ1) is 21.8. The van der Waals surface area contributed by atoms with Gasteiger partial charge in [0.05, 0.1) is 43.8 Å². The van der Waals surface area contributed by atoms with Crippen LogP contribution in [-0.4, -0.2) is 60.2 Å². The number of imidazole rings is 1. The van der Waals surface area contributed by atoms with Crippen molar-refractivity contribution in [1.29, 1.82) is 0 Å². The maximum absolute atomic E-state index is 13.2. The molecule has 1 fully saturated rings. The maximum atomic E-state index is 13.2. The van der Waals surface area contributed by atoms with Gasteiger partial charge in [-0.05, 0) is 19.1 Å². The first-order valence-corrected chi connectivity index (χ1v) is 10.2. The number of fused-ring (bicyclic) bond motifs is 3. The number of benzene rings is 1.